The molecule has 0 saturated carbocycles. The van der Waals surface area contributed by atoms with E-state index in [1.165, 1.54) is 0 Å². The van der Waals surface area contributed by atoms with Crippen LogP contribution in [0.4, 0.5) is 0 Å². The third-order valence-corrected chi connectivity index (χ3v) is 2.89. The molecule has 0 spiro atoms. The van der Waals surface area contributed by atoms with Crippen LogP contribution in [0.15, 0.2) is 28.9 Å². The number of aliphatic hydroxyl groups is 1. The van der Waals surface area contributed by atoms with Crippen LogP contribution in [-0.4, -0.2) is 21.4 Å². The van der Waals surface area contributed by atoms with Gasteiger partial charge in [0.1, 0.15) is 17.1 Å². The van der Waals surface area contributed by atoms with Gasteiger partial charge in [0.2, 0.25) is 0 Å². The lowest BCUT2D eigenvalue weighted by atomic mass is 10.00. The molecule has 2 heterocycles. The molecule has 0 aliphatic heterocycles. The van der Waals surface area contributed by atoms with E-state index < -0.39 is 5.60 Å². The predicted molar refractivity (Wildman–Crippen MR) is 67.9 cm³/mol. The average molecular weight is 249 g/mol. The fourth-order valence-electron chi connectivity index (χ4n) is 1.81. The molecule has 0 radical (unpaired) electrons. The first-order valence-corrected chi connectivity index (χ1v) is 5.95. The SMILES string of the molecule is Cc1ccc(CNCC(C)(O)c2cnn(C)c2)o1. The van der Waals surface area contributed by atoms with E-state index in [2.05, 4.69) is 10.4 Å². The Bertz CT molecular complexity index is 514. The minimum absolute atomic E-state index is 0.443. The van der Waals surface area contributed by atoms with Gasteiger partial charge in [-0.3, -0.25) is 4.68 Å². The van der Waals surface area contributed by atoms with Crippen molar-refractivity contribution in [1.82, 2.24) is 15.1 Å². The van der Waals surface area contributed by atoms with Crippen LogP contribution in [0.2, 0.25) is 0 Å². The van der Waals surface area contributed by atoms with Crippen molar-refractivity contribution >= 4 is 0 Å². The maximum Gasteiger partial charge on any atom is 0.117 e. The summed E-state index contributed by atoms with van der Waals surface area (Å²) in [5, 5.41) is 17.6. The van der Waals surface area contributed by atoms with Crippen LogP contribution in [-0.2, 0) is 19.2 Å². The van der Waals surface area contributed by atoms with Gasteiger partial charge in [-0.15, -0.1) is 0 Å². The lowest BCUT2D eigenvalue weighted by molar-refractivity contribution is 0.0561. The Balaban J connectivity index is 1.89. The Morgan fingerprint density at radius 2 is 2.28 bits per heavy atom. The summed E-state index contributed by atoms with van der Waals surface area (Å²) in [6.45, 7) is 4.72. The largest absolute Gasteiger partial charge is 0.465 e. The van der Waals surface area contributed by atoms with Crippen LogP contribution in [0.25, 0.3) is 0 Å². The highest BCUT2D eigenvalue weighted by atomic mass is 16.3. The highest BCUT2D eigenvalue weighted by Gasteiger charge is 2.24. The standard InChI is InChI=1S/C13H19N3O2/c1-10-4-5-12(18-10)7-14-9-13(2,17)11-6-15-16(3)8-11/h4-6,8,14,17H,7,9H2,1-3H3. The van der Waals surface area contributed by atoms with Crippen molar-refractivity contribution in [3.8, 4) is 0 Å². The Morgan fingerprint density at radius 3 is 2.83 bits per heavy atom. The van der Waals surface area contributed by atoms with E-state index in [0.717, 1.165) is 17.1 Å². The summed E-state index contributed by atoms with van der Waals surface area (Å²) in [7, 11) is 1.83. The Labute approximate surface area is 106 Å². The second-order valence-electron chi connectivity index (χ2n) is 4.79. The second-order valence-corrected chi connectivity index (χ2v) is 4.79. The van der Waals surface area contributed by atoms with Crippen LogP contribution in [0.1, 0.15) is 24.0 Å². The molecule has 2 N–H and O–H groups in total. The van der Waals surface area contributed by atoms with Gasteiger partial charge >= 0.3 is 0 Å². The van der Waals surface area contributed by atoms with Crippen molar-refractivity contribution in [3.05, 3.63) is 41.6 Å². The number of nitrogens with one attached hydrogen (secondary N) is 1. The maximum atomic E-state index is 10.3. The number of hydrogen-bond acceptors (Lipinski definition) is 4. The third kappa shape index (κ3) is 3.00. The molecule has 2 aromatic rings. The smallest absolute Gasteiger partial charge is 0.117 e. The van der Waals surface area contributed by atoms with Crippen LogP contribution in [0, 0.1) is 6.92 Å². The summed E-state index contributed by atoms with van der Waals surface area (Å²) < 4.78 is 7.13. The fraction of sp³-hybridized carbons (Fsp3) is 0.462. The van der Waals surface area contributed by atoms with E-state index in [1.54, 1.807) is 17.8 Å². The fourth-order valence-corrected chi connectivity index (χ4v) is 1.81. The number of aromatic nitrogens is 2. The van der Waals surface area contributed by atoms with Gasteiger partial charge in [-0.2, -0.15) is 5.10 Å². The van der Waals surface area contributed by atoms with Crippen LogP contribution < -0.4 is 5.32 Å². The van der Waals surface area contributed by atoms with Crippen molar-refractivity contribution in [2.75, 3.05) is 6.54 Å². The molecule has 0 aliphatic carbocycles. The molecule has 1 atom stereocenters. The molecule has 0 fully saturated rings. The summed E-state index contributed by atoms with van der Waals surface area (Å²) in [6.07, 6.45) is 3.50. The van der Waals surface area contributed by atoms with E-state index in [1.807, 2.05) is 32.3 Å². The molecular formula is C13H19N3O2. The highest BCUT2D eigenvalue weighted by molar-refractivity contribution is 5.14. The topological polar surface area (TPSA) is 63.2 Å². The van der Waals surface area contributed by atoms with E-state index in [0.29, 0.717) is 13.1 Å². The molecule has 5 nitrogen and oxygen atoms in total. The van der Waals surface area contributed by atoms with E-state index in [4.69, 9.17) is 4.42 Å². The second kappa shape index (κ2) is 4.96. The maximum absolute atomic E-state index is 10.3. The molecule has 2 rings (SSSR count). The summed E-state index contributed by atoms with van der Waals surface area (Å²) in [4.78, 5) is 0. The molecule has 2 aromatic heterocycles. The number of furan rings is 1. The molecule has 0 amide bonds. The van der Waals surface area contributed by atoms with Gasteiger partial charge in [-0.1, -0.05) is 0 Å². The zero-order chi connectivity index (χ0) is 13.2. The van der Waals surface area contributed by atoms with Crippen molar-refractivity contribution < 1.29 is 9.52 Å². The van der Waals surface area contributed by atoms with Crippen molar-refractivity contribution in [2.45, 2.75) is 26.0 Å². The lowest BCUT2D eigenvalue weighted by Crippen LogP contribution is -2.34. The number of hydrogen-bond donors (Lipinski definition) is 2. The molecule has 0 aliphatic rings. The van der Waals surface area contributed by atoms with Gasteiger partial charge in [-0.25, -0.2) is 0 Å². The normalized spacial score (nSPS) is 14.7. The van der Waals surface area contributed by atoms with E-state index in [-0.39, 0.29) is 0 Å². The Kier molecular flexibility index (Phi) is 3.54. The number of nitrogens with zero attached hydrogens (tertiary/aromatic N) is 2. The summed E-state index contributed by atoms with van der Waals surface area (Å²) in [5.41, 5.74) is -0.135. The van der Waals surface area contributed by atoms with Gasteiger partial charge in [0.25, 0.3) is 0 Å². The molecule has 0 saturated heterocycles. The van der Waals surface area contributed by atoms with Gasteiger partial charge < -0.3 is 14.8 Å². The van der Waals surface area contributed by atoms with Gasteiger partial charge in [0.15, 0.2) is 0 Å². The predicted octanol–water partition coefficient (Wildman–Crippen LogP) is 1.32. The van der Waals surface area contributed by atoms with E-state index >= 15 is 0 Å². The summed E-state index contributed by atoms with van der Waals surface area (Å²) in [6, 6.07) is 3.86. The van der Waals surface area contributed by atoms with Crippen LogP contribution >= 0.6 is 0 Å². The van der Waals surface area contributed by atoms with Crippen molar-refractivity contribution in [3.63, 3.8) is 0 Å². The van der Waals surface area contributed by atoms with Gasteiger partial charge in [0, 0.05) is 25.4 Å². The minimum Gasteiger partial charge on any atom is -0.465 e. The zero-order valence-corrected chi connectivity index (χ0v) is 11.0. The first kappa shape index (κ1) is 12.9. The molecule has 18 heavy (non-hydrogen) atoms. The molecular weight excluding hydrogens is 230 g/mol. The third-order valence-electron chi connectivity index (χ3n) is 2.89. The molecule has 1 unspecified atom stereocenters. The van der Waals surface area contributed by atoms with Gasteiger partial charge in [-0.05, 0) is 26.0 Å². The van der Waals surface area contributed by atoms with Crippen LogP contribution in [0.3, 0.4) is 0 Å². The van der Waals surface area contributed by atoms with Crippen LogP contribution in [0.5, 0.6) is 0 Å². The zero-order valence-electron chi connectivity index (χ0n) is 11.0. The first-order valence-electron chi connectivity index (χ1n) is 5.95. The highest BCUT2D eigenvalue weighted by Crippen LogP contribution is 2.18. The molecule has 98 valence electrons. The summed E-state index contributed by atoms with van der Waals surface area (Å²) in [5.74, 6) is 1.76. The lowest BCUT2D eigenvalue weighted by Gasteiger charge is -2.22. The minimum atomic E-state index is -0.935. The number of aryl methyl sites for hydroxylation is 2. The molecule has 5 heteroatoms. The number of rotatable bonds is 5. The van der Waals surface area contributed by atoms with Crippen molar-refractivity contribution in [1.29, 1.82) is 0 Å². The Hall–Kier alpha value is -1.59. The molecule has 0 aromatic carbocycles. The molecule has 0 bridgehead atoms. The monoisotopic (exact) mass is 249 g/mol. The van der Waals surface area contributed by atoms with E-state index in [9.17, 15) is 5.11 Å². The average Bonchev–Trinajstić information content (AvgIpc) is 2.88. The quantitative estimate of drug-likeness (QED) is 0.839. The van der Waals surface area contributed by atoms with Gasteiger partial charge in [0.05, 0.1) is 12.7 Å². The Morgan fingerprint density at radius 1 is 1.50 bits per heavy atom. The summed E-state index contributed by atoms with van der Waals surface area (Å²) >= 11 is 0. The first-order chi connectivity index (χ1) is 8.47. The van der Waals surface area contributed by atoms with Crippen molar-refractivity contribution in [2.24, 2.45) is 7.05 Å².